The van der Waals surface area contributed by atoms with Crippen LogP contribution in [0.2, 0.25) is 0 Å². The first-order chi connectivity index (χ1) is 30.9. The molecule has 2 amide bonds. The highest BCUT2D eigenvalue weighted by atomic mass is 16.5. The second-order valence-corrected chi connectivity index (χ2v) is 18.3. The molecule has 322 valence electrons. The van der Waals surface area contributed by atoms with Crippen molar-refractivity contribution in [3.8, 4) is 33.4 Å². The van der Waals surface area contributed by atoms with E-state index in [0.717, 1.165) is 66.8 Å². The molecule has 0 fully saturated rings. The van der Waals surface area contributed by atoms with Crippen LogP contribution in [0.5, 0.6) is 0 Å². The maximum absolute atomic E-state index is 17.4. The van der Waals surface area contributed by atoms with E-state index in [1.165, 1.54) is 14.0 Å². The number of ketones is 2. The van der Waals surface area contributed by atoms with E-state index in [-0.39, 0.29) is 38.5 Å². The molecule has 0 aliphatic heterocycles. The van der Waals surface area contributed by atoms with Crippen molar-refractivity contribution in [2.75, 3.05) is 7.11 Å². The van der Waals surface area contributed by atoms with Crippen molar-refractivity contribution in [1.29, 1.82) is 0 Å². The third-order valence-corrected chi connectivity index (χ3v) is 13.9. The lowest BCUT2D eigenvalue weighted by atomic mass is 9.56. The van der Waals surface area contributed by atoms with E-state index in [9.17, 15) is 9.59 Å². The minimum atomic E-state index is -1.94. The van der Waals surface area contributed by atoms with Crippen LogP contribution in [0, 0.1) is 16.7 Å². The molecule has 0 saturated heterocycles. The van der Waals surface area contributed by atoms with Gasteiger partial charge in [0.05, 0.1) is 12.5 Å². The molecule has 0 radical (unpaired) electrons. The van der Waals surface area contributed by atoms with Crippen molar-refractivity contribution in [2.45, 2.75) is 70.9 Å². The topological polar surface area (TPSA) is 119 Å². The number of rotatable bonds is 9. The van der Waals surface area contributed by atoms with Gasteiger partial charge in [0.25, 0.3) is 0 Å². The Balaban J connectivity index is 1.36. The summed E-state index contributed by atoms with van der Waals surface area (Å²) in [6.07, 6.45) is 0.0396. The van der Waals surface area contributed by atoms with Gasteiger partial charge >= 0.3 is 5.97 Å². The van der Waals surface area contributed by atoms with E-state index in [2.05, 4.69) is 10.6 Å². The molecular weight excluding hydrogens is 797 g/mol. The van der Waals surface area contributed by atoms with Crippen molar-refractivity contribution in [3.05, 3.63) is 179 Å². The van der Waals surface area contributed by atoms with E-state index < -0.39 is 57.7 Å². The van der Waals surface area contributed by atoms with Gasteiger partial charge in [-0.2, -0.15) is 0 Å². The Labute approximate surface area is 374 Å². The average molecular weight is 849 g/mol. The monoisotopic (exact) mass is 848 g/mol. The second-order valence-electron chi connectivity index (χ2n) is 18.3. The predicted molar refractivity (Wildman–Crippen MR) is 248 cm³/mol. The number of esters is 1. The Kier molecular flexibility index (Phi) is 11.0. The lowest BCUT2D eigenvalue weighted by Gasteiger charge is -2.45. The molecule has 64 heavy (non-hydrogen) atoms. The fourth-order valence-corrected chi connectivity index (χ4v) is 11.1. The summed E-state index contributed by atoms with van der Waals surface area (Å²) in [6, 6.07) is 46.0. The van der Waals surface area contributed by atoms with Gasteiger partial charge in [-0.1, -0.05) is 159 Å². The number of hydrogen-bond donors (Lipinski definition) is 2. The van der Waals surface area contributed by atoms with Crippen LogP contribution < -0.4 is 10.6 Å². The minimum Gasteiger partial charge on any atom is -0.467 e. The lowest BCUT2D eigenvalue weighted by Crippen LogP contribution is -2.67. The summed E-state index contributed by atoms with van der Waals surface area (Å²) < 4.78 is 5.23. The van der Waals surface area contributed by atoms with E-state index >= 15 is 14.4 Å². The maximum Gasteiger partial charge on any atom is 0.328 e. The largest absolute Gasteiger partial charge is 0.467 e. The third-order valence-electron chi connectivity index (χ3n) is 13.9. The van der Waals surface area contributed by atoms with Crippen LogP contribution in [0.25, 0.3) is 33.4 Å². The lowest BCUT2D eigenvalue weighted by molar-refractivity contribution is -0.158. The van der Waals surface area contributed by atoms with E-state index in [1.807, 2.05) is 159 Å². The fraction of sp³-hybridized carbons (Fsp3) is 0.268. The molecule has 6 aromatic carbocycles. The number of nitrogens with one attached hydrogen (secondary N) is 2. The number of carbonyl (C=O) groups excluding carboxylic acids is 5. The first kappa shape index (κ1) is 42.4. The molecular formula is C56H52N2O6. The van der Waals surface area contributed by atoms with Gasteiger partial charge in [-0.25, -0.2) is 4.79 Å². The van der Waals surface area contributed by atoms with Gasteiger partial charge in [-0.3, -0.25) is 19.2 Å². The van der Waals surface area contributed by atoms with Crippen LogP contribution in [-0.4, -0.2) is 48.0 Å². The molecule has 0 unspecified atom stereocenters. The van der Waals surface area contributed by atoms with Gasteiger partial charge in [-0.15, -0.1) is 0 Å². The molecule has 3 aliphatic rings. The standard InChI is InChI=1S/C56H52N2O6/c1-35(2)49(50(60)64-4)57-53(63)55(31-39-19-7-13-25-45(39)46-26-14-8-20-40(46)32-55)51(61)54(29-37-17-5-11-23-43(37)44-24-12-6-18-38(44)30-54)52(62)56(58-36(3)59)33-41-21-9-15-27-47(41)48-28-16-10-22-42(48)34-56/h5-28,35,49H,29-34H2,1-4H3,(H,57,63)(H,58,59)/t49-/m0/s1. The molecule has 0 heterocycles. The van der Waals surface area contributed by atoms with Crippen LogP contribution in [0.3, 0.4) is 0 Å². The quantitative estimate of drug-likeness (QED) is 0.111. The molecule has 2 N–H and O–H groups in total. The Bertz CT molecular complexity index is 2710. The van der Waals surface area contributed by atoms with Gasteiger partial charge in [0.1, 0.15) is 17.0 Å². The number of hydrogen-bond acceptors (Lipinski definition) is 6. The normalized spacial score (nSPS) is 16.5. The Hall–Kier alpha value is -6.93. The fourth-order valence-electron chi connectivity index (χ4n) is 11.1. The smallest absolute Gasteiger partial charge is 0.328 e. The van der Waals surface area contributed by atoms with Crippen LogP contribution in [-0.2, 0) is 67.2 Å². The molecule has 0 spiro atoms. The maximum atomic E-state index is 17.4. The van der Waals surface area contributed by atoms with Crippen molar-refractivity contribution >= 4 is 29.4 Å². The van der Waals surface area contributed by atoms with Crippen LogP contribution in [0.1, 0.15) is 54.2 Å². The van der Waals surface area contributed by atoms with E-state index in [1.54, 1.807) is 0 Å². The summed E-state index contributed by atoms with van der Waals surface area (Å²) in [6.45, 7) is 5.05. The molecule has 8 nitrogen and oxygen atoms in total. The molecule has 1 atom stereocenters. The number of carbonyl (C=O) groups is 5. The van der Waals surface area contributed by atoms with Gasteiger partial charge < -0.3 is 15.4 Å². The van der Waals surface area contributed by atoms with Gasteiger partial charge in [0.2, 0.25) is 11.8 Å². The zero-order chi connectivity index (χ0) is 44.8. The Morgan fingerprint density at radius 3 is 1.09 bits per heavy atom. The van der Waals surface area contributed by atoms with Crippen molar-refractivity contribution < 1.29 is 28.7 Å². The average Bonchev–Trinajstić information content (AvgIpc) is 3.63. The Morgan fingerprint density at radius 1 is 0.469 bits per heavy atom. The number of fused-ring (bicyclic) bond motifs is 9. The number of amides is 2. The van der Waals surface area contributed by atoms with E-state index in [4.69, 9.17) is 4.74 Å². The third kappa shape index (κ3) is 7.15. The SMILES string of the molecule is COC(=O)[C@@H](NC(=O)C1(C(=O)C2(C(=O)C3(NC(C)=O)Cc4ccccc4-c4ccccc4C3)Cc3ccccc3-c3ccccc3C2)Cc2ccccc2-c2ccccc2C1)C(C)C. The number of benzene rings is 6. The zero-order valence-corrected chi connectivity index (χ0v) is 36.7. The first-order valence-corrected chi connectivity index (χ1v) is 22.2. The zero-order valence-electron chi connectivity index (χ0n) is 36.7. The summed E-state index contributed by atoms with van der Waals surface area (Å²) in [5.74, 6) is -3.10. The predicted octanol–water partition coefficient (Wildman–Crippen LogP) is 8.68. The summed E-state index contributed by atoms with van der Waals surface area (Å²) >= 11 is 0. The molecule has 0 aromatic heterocycles. The second kappa shape index (κ2) is 16.6. The molecule has 3 aliphatic carbocycles. The summed E-state index contributed by atoms with van der Waals surface area (Å²) in [7, 11) is 1.28. The highest BCUT2D eigenvalue weighted by Crippen LogP contribution is 2.51. The van der Waals surface area contributed by atoms with Gasteiger partial charge in [0.15, 0.2) is 11.6 Å². The van der Waals surface area contributed by atoms with Crippen molar-refractivity contribution in [1.82, 2.24) is 10.6 Å². The van der Waals surface area contributed by atoms with Crippen LogP contribution >= 0.6 is 0 Å². The van der Waals surface area contributed by atoms with Gasteiger partial charge in [-0.05, 0) is 98.4 Å². The van der Waals surface area contributed by atoms with E-state index in [0.29, 0.717) is 0 Å². The summed E-state index contributed by atoms with van der Waals surface area (Å²) in [5.41, 5.74) is 4.75. The molecule has 8 heteroatoms. The number of Topliss-reactive ketones (excluding diaryl/α,β-unsaturated/α-hetero) is 2. The first-order valence-electron chi connectivity index (χ1n) is 22.2. The molecule has 9 rings (SSSR count). The van der Waals surface area contributed by atoms with Crippen LogP contribution in [0.4, 0.5) is 0 Å². The summed E-state index contributed by atoms with van der Waals surface area (Å²) in [5, 5.41) is 6.26. The molecule has 0 bridgehead atoms. The van der Waals surface area contributed by atoms with Gasteiger partial charge in [0, 0.05) is 19.8 Å². The number of methoxy groups -OCH3 is 1. The highest BCUT2D eigenvalue weighted by Gasteiger charge is 2.63. The Morgan fingerprint density at radius 2 is 0.781 bits per heavy atom. The molecule has 0 saturated carbocycles. The minimum absolute atomic E-state index is 0.0386. The highest BCUT2D eigenvalue weighted by molar-refractivity contribution is 6.21. The summed E-state index contributed by atoms with van der Waals surface area (Å²) in [4.78, 5) is 77.7. The van der Waals surface area contributed by atoms with Crippen molar-refractivity contribution in [3.63, 3.8) is 0 Å². The van der Waals surface area contributed by atoms with Crippen LogP contribution in [0.15, 0.2) is 146 Å². The van der Waals surface area contributed by atoms with Crippen molar-refractivity contribution in [2.24, 2.45) is 16.7 Å². The molecule has 6 aromatic rings. The number of ether oxygens (including phenoxy) is 1.